The average Bonchev–Trinajstić information content (AvgIpc) is 2.67. The first-order valence-electron chi connectivity index (χ1n) is 5.33. The molecule has 0 saturated heterocycles. The molecule has 0 bridgehead atoms. The Hall–Kier alpha value is -0.910. The van der Waals surface area contributed by atoms with Gasteiger partial charge in [0.15, 0.2) is 0 Å². The van der Waals surface area contributed by atoms with E-state index in [0.717, 1.165) is 31.5 Å². The van der Waals surface area contributed by atoms with Crippen molar-refractivity contribution in [1.29, 1.82) is 0 Å². The highest BCUT2D eigenvalue weighted by atomic mass is 16.3. The summed E-state index contributed by atoms with van der Waals surface area (Å²) in [5.74, 6) is 0.705. The first-order valence-corrected chi connectivity index (χ1v) is 5.33. The minimum Gasteiger partial charge on any atom is -0.394 e. The van der Waals surface area contributed by atoms with Gasteiger partial charge in [-0.25, -0.2) is 4.98 Å². The maximum absolute atomic E-state index is 9.18. The lowest BCUT2D eigenvalue weighted by atomic mass is 10.1. The average molecular weight is 211 g/mol. The molecule has 0 amide bonds. The zero-order chi connectivity index (χ0) is 10.8. The van der Waals surface area contributed by atoms with Gasteiger partial charge in [-0.2, -0.15) is 0 Å². The van der Waals surface area contributed by atoms with E-state index in [1.807, 2.05) is 0 Å². The molecule has 0 aliphatic carbocycles. The van der Waals surface area contributed by atoms with Gasteiger partial charge in [-0.15, -0.1) is 0 Å². The predicted octanol–water partition coefficient (Wildman–Crippen LogP) is -0.296. The Labute approximate surface area is 88.5 Å². The van der Waals surface area contributed by atoms with Gasteiger partial charge >= 0.3 is 0 Å². The van der Waals surface area contributed by atoms with E-state index in [1.54, 1.807) is 0 Å². The Morgan fingerprint density at radius 3 is 2.87 bits per heavy atom. The van der Waals surface area contributed by atoms with E-state index >= 15 is 0 Å². The zero-order valence-electron chi connectivity index (χ0n) is 8.69. The lowest BCUT2D eigenvalue weighted by Gasteiger charge is -2.18. The highest BCUT2D eigenvalue weighted by Gasteiger charge is 2.22. The van der Waals surface area contributed by atoms with Crippen molar-refractivity contribution in [1.82, 2.24) is 9.55 Å². The van der Waals surface area contributed by atoms with E-state index in [1.165, 1.54) is 0 Å². The Morgan fingerprint density at radius 2 is 2.20 bits per heavy atom. The summed E-state index contributed by atoms with van der Waals surface area (Å²) in [6.45, 7) is 0.736. The second-order valence-corrected chi connectivity index (χ2v) is 3.92. The molecule has 1 aliphatic heterocycles. The van der Waals surface area contributed by atoms with Crippen LogP contribution < -0.4 is 5.73 Å². The van der Waals surface area contributed by atoms with Gasteiger partial charge in [0.25, 0.3) is 0 Å². The fourth-order valence-electron chi connectivity index (χ4n) is 2.14. The van der Waals surface area contributed by atoms with E-state index in [2.05, 4.69) is 9.55 Å². The predicted molar refractivity (Wildman–Crippen MR) is 55.1 cm³/mol. The van der Waals surface area contributed by atoms with Crippen molar-refractivity contribution in [3.8, 4) is 0 Å². The van der Waals surface area contributed by atoms with Gasteiger partial charge in [0.2, 0.25) is 0 Å². The molecule has 1 unspecified atom stereocenters. The summed E-state index contributed by atoms with van der Waals surface area (Å²) in [5.41, 5.74) is 7.57. The highest BCUT2D eigenvalue weighted by Crippen LogP contribution is 2.23. The van der Waals surface area contributed by atoms with Gasteiger partial charge in [0, 0.05) is 12.2 Å². The number of imidazole rings is 1. The van der Waals surface area contributed by atoms with Crippen LogP contribution in [0.2, 0.25) is 0 Å². The molecule has 15 heavy (non-hydrogen) atoms. The lowest BCUT2D eigenvalue weighted by Crippen LogP contribution is -2.22. The molecule has 0 saturated carbocycles. The number of nitrogens with zero attached hydrogens (tertiary/aromatic N) is 2. The van der Waals surface area contributed by atoms with Crippen LogP contribution in [0.5, 0.6) is 0 Å². The summed E-state index contributed by atoms with van der Waals surface area (Å²) in [5, 5.41) is 18.2. The third-order valence-corrected chi connectivity index (χ3v) is 2.91. The monoisotopic (exact) mass is 211 g/mol. The Kier molecular flexibility index (Phi) is 3.04. The van der Waals surface area contributed by atoms with E-state index < -0.39 is 6.04 Å². The largest absolute Gasteiger partial charge is 0.394 e. The van der Waals surface area contributed by atoms with Crippen molar-refractivity contribution in [2.45, 2.75) is 38.5 Å². The van der Waals surface area contributed by atoms with Crippen molar-refractivity contribution < 1.29 is 10.2 Å². The number of hydrogen-bond donors (Lipinski definition) is 3. The standard InChI is InChI=1S/C10H17N3O2/c11-7(5-14)10-12-8(6-15)9-3-1-2-4-13(9)10/h7,14-15H,1-6,11H2. The van der Waals surface area contributed by atoms with E-state index in [-0.39, 0.29) is 13.2 Å². The third-order valence-electron chi connectivity index (χ3n) is 2.91. The summed E-state index contributed by atoms with van der Waals surface area (Å²) >= 11 is 0. The normalized spacial score (nSPS) is 17.5. The van der Waals surface area contributed by atoms with Crippen molar-refractivity contribution in [2.75, 3.05) is 6.61 Å². The molecule has 1 aromatic heterocycles. The first-order chi connectivity index (χ1) is 7.27. The van der Waals surface area contributed by atoms with Crippen LogP contribution in [0.25, 0.3) is 0 Å². The second kappa shape index (κ2) is 4.30. The number of rotatable bonds is 3. The fourth-order valence-corrected chi connectivity index (χ4v) is 2.14. The van der Waals surface area contributed by atoms with Crippen LogP contribution in [0.4, 0.5) is 0 Å². The molecule has 5 heteroatoms. The molecule has 2 heterocycles. The number of hydrogen-bond acceptors (Lipinski definition) is 4. The molecular weight excluding hydrogens is 194 g/mol. The molecule has 4 N–H and O–H groups in total. The molecule has 0 aromatic carbocycles. The Bertz CT molecular complexity index is 349. The molecule has 5 nitrogen and oxygen atoms in total. The molecule has 2 rings (SSSR count). The highest BCUT2D eigenvalue weighted by molar-refractivity contribution is 5.20. The van der Waals surface area contributed by atoms with Crippen molar-refractivity contribution >= 4 is 0 Å². The zero-order valence-corrected chi connectivity index (χ0v) is 8.69. The van der Waals surface area contributed by atoms with Crippen molar-refractivity contribution in [3.63, 3.8) is 0 Å². The molecule has 0 fully saturated rings. The fraction of sp³-hybridized carbons (Fsp3) is 0.700. The summed E-state index contributed by atoms with van der Waals surface area (Å²) < 4.78 is 2.05. The van der Waals surface area contributed by atoms with Crippen LogP contribution in [0, 0.1) is 0 Å². The minimum atomic E-state index is -0.442. The SMILES string of the molecule is NC(CO)c1nc(CO)c2n1CCCC2. The van der Waals surface area contributed by atoms with Crippen LogP contribution in [-0.2, 0) is 19.6 Å². The third kappa shape index (κ3) is 1.78. The number of nitrogens with two attached hydrogens (primary N) is 1. The molecule has 1 aromatic rings. The van der Waals surface area contributed by atoms with E-state index in [0.29, 0.717) is 11.5 Å². The molecule has 84 valence electrons. The molecule has 1 aliphatic rings. The molecular formula is C10H17N3O2. The molecule has 0 spiro atoms. The topological polar surface area (TPSA) is 84.3 Å². The van der Waals surface area contributed by atoms with E-state index in [4.69, 9.17) is 10.8 Å². The van der Waals surface area contributed by atoms with Gasteiger partial charge in [-0.3, -0.25) is 0 Å². The Balaban J connectivity index is 2.42. The van der Waals surface area contributed by atoms with Gasteiger partial charge in [0.1, 0.15) is 5.82 Å². The maximum atomic E-state index is 9.18. The van der Waals surface area contributed by atoms with Gasteiger partial charge < -0.3 is 20.5 Å². The smallest absolute Gasteiger partial charge is 0.128 e. The lowest BCUT2D eigenvalue weighted by molar-refractivity contribution is 0.258. The number of fused-ring (bicyclic) bond motifs is 1. The number of aliphatic hydroxyl groups excluding tert-OH is 2. The Morgan fingerprint density at radius 1 is 1.40 bits per heavy atom. The molecule has 1 atom stereocenters. The van der Waals surface area contributed by atoms with Crippen LogP contribution in [0.3, 0.4) is 0 Å². The van der Waals surface area contributed by atoms with Crippen LogP contribution in [-0.4, -0.2) is 26.4 Å². The quantitative estimate of drug-likeness (QED) is 0.641. The van der Waals surface area contributed by atoms with Crippen LogP contribution in [0.1, 0.15) is 36.1 Å². The first kappa shape index (κ1) is 10.6. The molecule has 0 radical (unpaired) electrons. The summed E-state index contributed by atoms with van der Waals surface area (Å²) in [6.07, 6.45) is 3.19. The second-order valence-electron chi connectivity index (χ2n) is 3.92. The number of aliphatic hydroxyl groups is 2. The van der Waals surface area contributed by atoms with Gasteiger partial charge in [-0.1, -0.05) is 0 Å². The minimum absolute atomic E-state index is 0.0481. The summed E-state index contributed by atoms with van der Waals surface area (Å²) in [6, 6.07) is -0.442. The van der Waals surface area contributed by atoms with E-state index in [9.17, 15) is 5.11 Å². The van der Waals surface area contributed by atoms with Crippen molar-refractivity contribution in [3.05, 3.63) is 17.2 Å². The van der Waals surface area contributed by atoms with Crippen molar-refractivity contribution in [2.24, 2.45) is 5.73 Å². The number of aromatic nitrogens is 2. The van der Waals surface area contributed by atoms with Crippen LogP contribution >= 0.6 is 0 Å². The van der Waals surface area contributed by atoms with Gasteiger partial charge in [-0.05, 0) is 19.3 Å². The maximum Gasteiger partial charge on any atom is 0.128 e. The summed E-state index contributed by atoms with van der Waals surface area (Å²) in [4.78, 5) is 4.31. The summed E-state index contributed by atoms with van der Waals surface area (Å²) in [7, 11) is 0. The van der Waals surface area contributed by atoms with Gasteiger partial charge in [0.05, 0.1) is 24.9 Å². The van der Waals surface area contributed by atoms with Crippen LogP contribution in [0.15, 0.2) is 0 Å².